The molecule has 3 heterocycles. The molecule has 1 unspecified atom stereocenters. The van der Waals surface area contributed by atoms with Crippen LogP contribution in [0.3, 0.4) is 0 Å². The first-order valence-electron chi connectivity index (χ1n) is 23.1. The Hall–Kier alpha value is -8.06. The van der Waals surface area contributed by atoms with E-state index < -0.39 is 45.8 Å². The number of aryl methyl sites for hydroxylation is 2. The van der Waals surface area contributed by atoms with Gasteiger partial charge in [-0.1, -0.05) is 23.9 Å². The summed E-state index contributed by atoms with van der Waals surface area (Å²) in [7, 11) is -13.4. The summed E-state index contributed by atoms with van der Waals surface area (Å²) in [6.45, 7) is 6.08. The standard InChI is InChI=1S/C18H19N5O4S.C11H17NO2.C7H4N4O6S2.C7H5N3O2S.CH4.H3NO5S.H2O4S/c1-12-10-13(22(6-8-24)7-9-25)2-4-16(12)19-20-18-15-11-14(23(26)27)3-5-17(15)21-28-18;1-10-3-2-4-11(9-10)12(5-7-13)6-8-14;12-11(13)4-1-2-6-5(3-4)7(18-9-6)8-10-19(15,16)17-14;8-7-5-3-4(10(11)12)1-2-6(5)9-13-7;;2-1-7(4,5)6-3;1-5(2,3)4/h2-5,10-11,24-25H,6-9H2,1H3;2-4,9,13-14H,5-8H2,1H3;1-3,14H;1-3H,8H2;1H4;2-3H,(H,1,4,5);(H2,1,2,3,4). The molecule has 0 fully saturated rings. The van der Waals surface area contributed by atoms with E-state index in [-0.39, 0.29) is 61.3 Å². The number of nitrogens with zero attached hydrogens (tertiary/aromatic N) is 13. The highest BCUT2D eigenvalue weighted by Crippen LogP contribution is 2.36. The number of nitro groups is 3. The van der Waals surface area contributed by atoms with Crippen molar-refractivity contribution in [2.45, 2.75) is 21.3 Å². The van der Waals surface area contributed by atoms with Crippen LogP contribution in [0.25, 0.3) is 32.7 Å². The molecule has 87 heavy (non-hydrogen) atoms. The number of benzene rings is 5. The minimum absolute atomic E-state index is 0. The average molecular weight is 1340 g/mol. The first kappa shape index (κ1) is 75.0. The predicted molar refractivity (Wildman–Crippen MR) is 319 cm³/mol. The van der Waals surface area contributed by atoms with E-state index in [4.69, 9.17) is 53.7 Å². The molecule has 0 radical (unpaired) electrons. The maximum atomic E-state index is 11.0. The normalized spacial score (nSPS) is 11.7. The van der Waals surface area contributed by atoms with Crippen LogP contribution in [0.1, 0.15) is 18.6 Å². The van der Waals surface area contributed by atoms with E-state index >= 15 is 0 Å². The van der Waals surface area contributed by atoms with Gasteiger partial charge in [-0.15, -0.1) is 19.7 Å². The van der Waals surface area contributed by atoms with Crippen molar-refractivity contribution in [1.82, 2.24) is 13.1 Å². The number of aliphatic hydroxyl groups excluding tert-OH is 4. The molecular formula is C44H54N14O23S6. The Bertz CT molecular complexity index is 3970. The Morgan fingerprint density at radius 1 is 0.575 bits per heavy atom. The molecule has 5 aromatic carbocycles. The van der Waals surface area contributed by atoms with Crippen LogP contribution in [0.4, 0.5) is 49.1 Å². The summed E-state index contributed by atoms with van der Waals surface area (Å²) in [5, 5.41) is 105. The molecule has 0 saturated heterocycles. The number of anilines is 3. The molecule has 43 heteroatoms. The molecule has 0 spiro atoms. The highest BCUT2D eigenvalue weighted by atomic mass is 32.3. The number of nitro benzene ring substituents is 3. The van der Waals surface area contributed by atoms with Crippen molar-refractivity contribution in [3.63, 3.8) is 0 Å². The quantitative estimate of drug-likeness (QED) is 0.0120. The van der Waals surface area contributed by atoms with Crippen molar-refractivity contribution in [1.29, 1.82) is 0 Å². The largest absolute Gasteiger partial charge is 0.425 e. The van der Waals surface area contributed by atoms with Gasteiger partial charge < -0.3 is 36.0 Å². The summed E-state index contributed by atoms with van der Waals surface area (Å²) in [6.07, 6.45) is 0. The molecule has 3 aromatic heterocycles. The van der Waals surface area contributed by atoms with Crippen LogP contribution in [0.5, 0.6) is 0 Å². The maximum absolute atomic E-state index is 11.0. The molecular weight excluding hydrogens is 1280 g/mol. The fourth-order valence-corrected chi connectivity index (χ4v) is 8.76. The molecule has 12 N–H and O–H groups in total. The zero-order valence-electron chi connectivity index (χ0n) is 44.0. The van der Waals surface area contributed by atoms with E-state index in [1.807, 2.05) is 66.1 Å². The number of nitrogens with two attached hydrogens (primary N) is 1. The van der Waals surface area contributed by atoms with E-state index in [0.717, 1.165) is 51.5 Å². The van der Waals surface area contributed by atoms with Gasteiger partial charge in [-0.25, -0.2) is 10.5 Å². The number of non-ortho nitro benzene ring substituents is 3. The van der Waals surface area contributed by atoms with Crippen molar-refractivity contribution in [2.75, 3.05) is 68.1 Å². The number of aromatic nitrogens is 3. The van der Waals surface area contributed by atoms with Gasteiger partial charge in [0.15, 0.2) is 10.0 Å². The third-order valence-corrected chi connectivity index (χ3v) is 13.3. The monoisotopic (exact) mass is 1340 g/mol. The molecule has 8 rings (SSSR count). The second-order valence-electron chi connectivity index (χ2n) is 16.0. The Morgan fingerprint density at radius 3 is 1.37 bits per heavy atom. The summed E-state index contributed by atoms with van der Waals surface area (Å²) in [5.41, 5.74) is 11.8. The number of hydrogen-bond acceptors (Lipinski definition) is 32. The van der Waals surface area contributed by atoms with Gasteiger partial charge in [-0.2, -0.15) is 34.2 Å². The van der Waals surface area contributed by atoms with Crippen LogP contribution >= 0.6 is 34.6 Å². The minimum Gasteiger partial charge on any atom is -0.395 e. The molecule has 0 bridgehead atoms. The molecule has 474 valence electrons. The van der Waals surface area contributed by atoms with Crippen LogP contribution in [0.2, 0.25) is 0 Å². The minimum atomic E-state index is -4.67. The number of fused-ring (bicyclic) bond motifs is 3. The van der Waals surface area contributed by atoms with Crippen molar-refractivity contribution in [3.8, 4) is 0 Å². The van der Waals surface area contributed by atoms with Crippen molar-refractivity contribution in [3.05, 3.63) is 139 Å². The second-order valence-corrected chi connectivity index (χ2v) is 21.6. The Kier molecular flexibility index (Phi) is 31.2. The average Bonchev–Trinajstić information content (AvgIpc) is 2.11. The summed E-state index contributed by atoms with van der Waals surface area (Å²) in [5.74, 6) is 0. The highest BCUT2D eigenvalue weighted by Gasteiger charge is 2.16. The van der Waals surface area contributed by atoms with E-state index in [1.165, 1.54) is 48.0 Å². The molecule has 0 aliphatic rings. The molecule has 0 aliphatic heterocycles. The summed E-state index contributed by atoms with van der Waals surface area (Å²) >= 11 is 3.08. The van der Waals surface area contributed by atoms with E-state index in [9.17, 15) is 53.2 Å². The molecule has 37 nitrogen and oxygen atoms in total. The zero-order valence-corrected chi connectivity index (χ0v) is 48.9. The zero-order chi connectivity index (χ0) is 64.4. The van der Waals surface area contributed by atoms with Gasteiger partial charge >= 0.3 is 31.0 Å². The lowest BCUT2D eigenvalue weighted by Gasteiger charge is -2.23. The number of hydrogen-bond donors (Lipinski definition) is 11. The number of nitrogen functional groups attached to an aromatic ring is 1. The fraction of sp³-hybridized carbons (Fsp3) is 0.250. The predicted octanol–water partition coefficient (Wildman–Crippen LogP) is 8.02. The van der Waals surface area contributed by atoms with E-state index in [2.05, 4.69) is 41.7 Å². The number of aliphatic hydroxyl groups is 4. The number of azo groups is 1. The lowest BCUT2D eigenvalue weighted by Crippen LogP contribution is -2.29. The van der Waals surface area contributed by atoms with Crippen LogP contribution in [0.15, 0.2) is 121 Å². The third-order valence-electron chi connectivity index (χ3n) is 10.2. The smallest absolute Gasteiger partial charge is 0.395 e. The SMILES string of the molecule is C.Cc1cc(N(CCO)CCO)ccc1N=Nc1snc2ccc([N+](=O)[O-])cc12.Cc1cccc(N(CCO)CCO)c1.Nc1snc2ccc([N+](=O)[O-])cc12.O=S(=O)(O)O.O=S(O)(=NO)OO.O=[N+]([O-])c1ccc2nsc(N=NS(=O)(=O)OO)c2c1. The first-order valence-corrected chi connectivity index (χ1v) is 29.6. The summed E-state index contributed by atoms with van der Waals surface area (Å²) < 4.78 is 93.0. The van der Waals surface area contributed by atoms with Gasteiger partial charge in [0.05, 0.1) is 63.4 Å². The topological polar surface area (TPSA) is 569 Å². The molecule has 0 amide bonds. The Morgan fingerprint density at radius 2 is 0.989 bits per heavy atom. The number of rotatable bonds is 19. The van der Waals surface area contributed by atoms with Crippen molar-refractivity contribution in [2.24, 2.45) is 24.4 Å². The van der Waals surface area contributed by atoms with Crippen LogP contribution in [-0.2, 0) is 39.7 Å². The van der Waals surface area contributed by atoms with Gasteiger partial charge in [-0.3, -0.25) is 49.2 Å². The van der Waals surface area contributed by atoms with Gasteiger partial charge in [0.2, 0.25) is 0 Å². The van der Waals surface area contributed by atoms with Gasteiger partial charge in [-0.05, 0) is 117 Å². The second kappa shape index (κ2) is 36.2. The molecule has 0 aliphatic carbocycles. The van der Waals surface area contributed by atoms with Crippen LogP contribution < -0.4 is 15.5 Å². The van der Waals surface area contributed by atoms with E-state index in [1.54, 1.807) is 16.7 Å². The fourth-order valence-electron chi connectivity index (χ4n) is 6.48. The van der Waals surface area contributed by atoms with Gasteiger partial charge in [0.25, 0.3) is 17.1 Å². The van der Waals surface area contributed by atoms with Crippen LogP contribution in [0, 0.1) is 44.2 Å². The Labute approximate surface area is 504 Å². The third kappa shape index (κ3) is 25.4. The molecule has 0 saturated carbocycles. The van der Waals surface area contributed by atoms with Gasteiger partial charge in [0.1, 0.15) is 5.00 Å². The molecule has 1 atom stereocenters. The van der Waals surface area contributed by atoms with Crippen molar-refractivity contribution >= 4 is 147 Å². The summed E-state index contributed by atoms with van der Waals surface area (Å²) in [4.78, 5) is 34.4. The maximum Gasteiger partial charge on any atom is 0.425 e. The molecule has 8 aromatic rings. The summed E-state index contributed by atoms with van der Waals surface area (Å²) in [6, 6.07) is 26.4. The first-order chi connectivity index (χ1) is 40.5. The Balaban J connectivity index is 0.000000383. The van der Waals surface area contributed by atoms with Crippen molar-refractivity contribution < 1.29 is 94.3 Å². The van der Waals surface area contributed by atoms with Crippen LogP contribution in [-0.4, -0.2) is 151 Å². The lowest BCUT2D eigenvalue weighted by atomic mass is 10.1. The van der Waals surface area contributed by atoms with Gasteiger partial charge in [0, 0.05) is 90.1 Å². The highest BCUT2D eigenvalue weighted by molar-refractivity contribution is 7.85. The van der Waals surface area contributed by atoms with E-state index in [0.29, 0.717) is 69.2 Å². The lowest BCUT2D eigenvalue weighted by molar-refractivity contribution is -0.384.